The summed E-state index contributed by atoms with van der Waals surface area (Å²) in [6, 6.07) is 14.6. The van der Waals surface area contributed by atoms with Gasteiger partial charge in [0, 0.05) is 37.9 Å². The third-order valence-corrected chi connectivity index (χ3v) is 9.95. The molecule has 0 saturated carbocycles. The van der Waals surface area contributed by atoms with Crippen LogP contribution in [-0.4, -0.2) is 54.4 Å². The van der Waals surface area contributed by atoms with E-state index in [0.29, 0.717) is 22.6 Å². The summed E-state index contributed by atoms with van der Waals surface area (Å²) in [7, 11) is -4.58. The molecule has 12 heteroatoms. The molecule has 10 nitrogen and oxygen atoms in total. The van der Waals surface area contributed by atoms with Crippen molar-refractivity contribution in [1.82, 2.24) is 4.90 Å². The van der Waals surface area contributed by atoms with Gasteiger partial charge in [-0.3, -0.25) is 14.5 Å². The largest absolute Gasteiger partial charge is 0.492 e. The zero-order valence-corrected chi connectivity index (χ0v) is 23.6. The first-order chi connectivity index (χ1) is 19.9. The topological polar surface area (TPSA) is 137 Å². The van der Waals surface area contributed by atoms with Crippen molar-refractivity contribution >= 4 is 27.7 Å². The molecule has 5 rings (SSSR count). The van der Waals surface area contributed by atoms with E-state index in [1.165, 1.54) is 30.9 Å². The van der Waals surface area contributed by atoms with Crippen molar-refractivity contribution in [2.24, 2.45) is 0 Å². The lowest BCUT2D eigenvalue weighted by Gasteiger charge is -2.45. The molecule has 0 aromatic heterocycles. The van der Waals surface area contributed by atoms with Crippen molar-refractivity contribution in [3.05, 3.63) is 83.7 Å². The minimum atomic E-state index is -4.58. The summed E-state index contributed by atoms with van der Waals surface area (Å²) < 4.78 is 58.4. The van der Waals surface area contributed by atoms with Crippen molar-refractivity contribution in [2.45, 2.75) is 48.4 Å². The van der Waals surface area contributed by atoms with E-state index in [1.807, 2.05) is 0 Å². The van der Waals surface area contributed by atoms with Crippen LogP contribution in [-0.2, 0) is 24.2 Å². The molecule has 220 valence electrons. The minimum absolute atomic E-state index is 0.0386. The van der Waals surface area contributed by atoms with Crippen molar-refractivity contribution < 1.29 is 46.5 Å². The third kappa shape index (κ3) is 5.12. The summed E-state index contributed by atoms with van der Waals surface area (Å²) in [5, 5.41) is 10.7. The number of carboxylic acid groups (broad SMARTS) is 1. The Bertz CT molecular complexity index is 1640. The predicted octanol–water partition coefficient (Wildman–Crippen LogP) is 4.24. The number of sulfone groups is 1. The lowest BCUT2D eigenvalue weighted by molar-refractivity contribution is -0.146. The number of nitrogens with zero attached hydrogens (tertiary/aromatic N) is 1. The Balaban J connectivity index is 1.67. The van der Waals surface area contributed by atoms with Crippen LogP contribution in [0.15, 0.2) is 71.6 Å². The van der Waals surface area contributed by atoms with Crippen molar-refractivity contribution in [2.75, 3.05) is 13.2 Å². The molecule has 2 heterocycles. The highest BCUT2D eigenvalue weighted by molar-refractivity contribution is 7.93. The van der Waals surface area contributed by atoms with Gasteiger partial charge in [-0.05, 0) is 60.9 Å². The maximum Gasteiger partial charge on any atom is 0.340 e. The average molecular weight is 598 g/mol. The number of carbonyl (C=O) groups excluding carboxylic acids is 2. The molecule has 2 unspecified atom stereocenters. The fraction of sp³-hybridized carbons (Fsp3) is 0.300. The molecule has 0 aliphatic carbocycles. The van der Waals surface area contributed by atoms with E-state index in [2.05, 4.69) is 0 Å². The van der Waals surface area contributed by atoms with Crippen LogP contribution in [0.3, 0.4) is 0 Å². The normalized spacial score (nSPS) is 22.1. The van der Waals surface area contributed by atoms with Crippen LogP contribution in [0, 0.1) is 5.82 Å². The Labute approximate surface area is 241 Å². The van der Waals surface area contributed by atoms with Gasteiger partial charge in [0.25, 0.3) is 0 Å². The number of carbonyl (C=O) groups is 3. The molecule has 3 aromatic rings. The highest BCUT2D eigenvalue weighted by atomic mass is 32.2. The SMILES string of the molecule is CC(=O)Oc1ccc(C2COc3cc(OC(C)=O)ccc3C2N2CCC[C@]2(C(=O)O)S(=O)(=O)c2ccc(F)cc2)cc1. The van der Waals surface area contributed by atoms with Crippen molar-refractivity contribution in [3.8, 4) is 17.2 Å². The first-order valence-corrected chi connectivity index (χ1v) is 14.7. The number of fused-ring (bicyclic) bond motifs is 1. The lowest BCUT2D eigenvalue weighted by Crippen LogP contribution is -2.58. The van der Waals surface area contributed by atoms with Gasteiger partial charge >= 0.3 is 17.9 Å². The fourth-order valence-corrected chi connectivity index (χ4v) is 7.87. The van der Waals surface area contributed by atoms with Gasteiger partial charge in [-0.25, -0.2) is 17.6 Å². The monoisotopic (exact) mass is 597 g/mol. The van der Waals surface area contributed by atoms with Gasteiger partial charge in [0.15, 0.2) is 0 Å². The number of hydrogen-bond donors (Lipinski definition) is 1. The Kier molecular flexibility index (Phi) is 7.78. The van der Waals surface area contributed by atoms with Crippen molar-refractivity contribution in [1.29, 1.82) is 0 Å². The Morgan fingerprint density at radius 1 is 0.952 bits per heavy atom. The zero-order chi connectivity index (χ0) is 30.2. The van der Waals surface area contributed by atoms with Crippen LogP contribution in [0.1, 0.15) is 49.8 Å². The van der Waals surface area contributed by atoms with E-state index in [9.17, 15) is 32.3 Å². The molecular weight excluding hydrogens is 569 g/mol. The molecule has 1 saturated heterocycles. The Hall–Kier alpha value is -4.29. The van der Waals surface area contributed by atoms with Crippen LogP contribution in [0.5, 0.6) is 17.2 Å². The molecular formula is C30H28FNO9S. The second-order valence-electron chi connectivity index (χ2n) is 10.2. The first-order valence-electron chi connectivity index (χ1n) is 13.2. The highest BCUT2D eigenvalue weighted by Crippen LogP contribution is 2.52. The summed E-state index contributed by atoms with van der Waals surface area (Å²) in [6.07, 6.45) is 0.0709. The Morgan fingerprint density at radius 2 is 1.57 bits per heavy atom. The van der Waals surface area contributed by atoms with Gasteiger partial charge < -0.3 is 19.3 Å². The highest BCUT2D eigenvalue weighted by Gasteiger charge is 2.62. The molecule has 0 radical (unpaired) electrons. The molecule has 3 aromatic carbocycles. The molecule has 1 fully saturated rings. The summed E-state index contributed by atoms with van der Waals surface area (Å²) in [5.74, 6) is -2.93. The number of halogens is 1. The molecule has 2 aliphatic heterocycles. The third-order valence-electron chi connectivity index (χ3n) is 7.55. The number of benzene rings is 3. The molecule has 1 N–H and O–H groups in total. The number of carboxylic acids is 1. The number of aliphatic carboxylic acids is 1. The standard InChI is InChI=1S/C30H28FNO9S/c1-18(33)40-22-8-4-20(5-9-22)26-17-39-27-16-23(41-19(2)34)10-13-25(27)28(26)32-15-3-14-30(32,29(35)36)42(37,38)24-11-6-21(31)7-12-24/h4-13,16,26,28H,3,14-15,17H2,1-2H3,(H,35,36)/t26?,28?,30-/m1/s1. The number of rotatable bonds is 7. The second kappa shape index (κ2) is 11.2. The molecule has 2 aliphatic rings. The smallest absolute Gasteiger partial charge is 0.340 e. The zero-order valence-electron chi connectivity index (χ0n) is 22.8. The number of hydrogen-bond acceptors (Lipinski definition) is 9. The van der Waals surface area contributed by atoms with E-state index in [4.69, 9.17) is 14.2 Å². The van der Waals surface area contributed by atoms with Crippen molar-refractivity contribution in [3.63, 3.8) is 0 Å². The van der Waals surface area contributed by atoms with Gasteiger partial charge in [-0.2, -0.15) is 0 Å². The predicted molar refractivity (Wildman–Crippen MR) is 146 cm³/mol. The van der Waals surface area contributed by atoms with Gasteiger partial charge in [0.2, 0.25) is 14.7 Å². The van der Waals surface area contributed by atoms with Crippen LogP contribution in [0.4, 0.5) is 4.39 Å². The van der Waals surface area contributed by atoms with Crippen LogP contribution in [0.2, 0.25) is 0 Å². The summed E-state index contributed by atoms with van der Waals surface area (Å²) in [4.78, 5) is 34.9. The number of ether oxygens (including phenoxy) is 3. The van der Waals surface area contributed by atoms with Crippen LogP contribution < -0.4 is 14.2 Å². The maximum absolute atomic E-state index is 14.2. The average Bonchev–Trinajstić information content (AvgIpc) is 3.39. The van der Waals surface area contributed by atoms with Gasteiger partial charge in [0.05, 0.1) is 17.5 Å². The van der Waals surface area contributed by atoms with E-state index in [1.54, 1.807) is 30.3 Å². The molecule has 0 bridgehead atoms. The quantitative estimate of drug-likeness (QED) is 0.239. The maximum atomic E-state index is 14.2. The fourth-order valence-electron chi connectivity index (χ4n) is 5.83. The molecule has 0 amide bonds. The number of likely N-dealkylation sites (tertiary alicyclic amines) is 1. The van der Waals surface area contributed by atoms with Gasteiger partial charge in [-0.15, -0.1) is 0 Å². The molecule has 0 spiro atoms. The van der Waals surface area contributed by atoms with E-state index in [-0.39, 0.29) is 36.6 Å². The van der Waals surface area contributed by atoms with E-state index >= 15 is 0 Å². The summed E-state index contributed by atoms with van der Waals surface area (Å²) >= 11 is 0. The summed E-state index contributed by atoms with van der Waals surface area (Å²) in [6.45, 7) is 2.70. The summed E-state index contributed by atoms with van der Waals surface area (Å²) in [5.41, 5.74) is 1.20. The van der Waals surface area contributed by atoms with Gasteiger partial charge in [0.1, 0.15) is 23.1 Å². The second-order valence-corrected chi connectivity index (χ2v) is 12.3. The number of esters is 2. The lowest BCUT2D eigenvalue weighted by atomic mass is 9.83. The van der Waals surface area contributed by atoms with Crippen LogP contribution in [0.25, 0.3) is 0 Å². The van der Waals surface area contributed by atoms with E-state index in [0.717, 1.165) is 24.3 Å². The first kappa shape index (κ1) is 29.2. The van der Waals surface area contributed by atoms with Gasteiger partial charge in [-0.1, -0.05) is 18.2 Å². The van der Waals surface area contributed by atoms with Crippen LogP contribution >= 0.6 is 0 Å². The van der Waals surface area contributed by atoms with E-state index < -0.39 is 50.4 Å². The molecule has 3 atom stereocenters. The Morgan fingerprint density at radius 3 is 2.19 bits per heavy atom. The minimum Gasteiger partial charge on any atom is -0.492 e. The molecule has 42 heavy (non-hydrogen) atoms.